The van der Waals surface area contributed by atoms with Crippen LogP contribution < -0.4 is 10.5 Å². The van der Waals surface area contributed by atoms with Gasteiger partial charge in [-0.25, -0.2) is 4.98 Å². The van der Waals surface area contributed by atoms with E-state index in [0.29, 0.717) is 18.8 Å². The third-order valence-corrected chi connectivity index (χ3v) is 2.82. The van der Waals surface area contributed by atoms with Gasteiger partial charge in [0.1, 0.15) is 24.1 Å². The normalized spacial score (nSPS) is 9.95. The highest BCUT2D eigenvalue weighted by molar-refractivity contribution is 5.37. The third-order valence-electron chi connectivity index (χ3n) is 2.82. The van der Waals surface area contributed by atoms with E-state index in [1.807, 2.05) is 31.2 Å². The van der Waals surface area contributed by atoms with Gasteiger partial charge in [0.2, 0.25) is 0 Å². The first-order valence-electron chi connectivity index (χ1n) is 6.01. The molecule has 0 unspecified atom stereocenters. The average Bonchev–Trinajstić information content (AvgIpc) is 2.46. The number of hydrogen-bond acceptors (Lipinski definition) is 4. The van der Waals surface area contributed by atoms with Crippen molar-refractivity contribution in [1.82, 2.24) is 4.98 Å². The molecule has 0 bridgehead atoms. The number of rotatable bonds is 4. The Kier molecular flexibility index (Phi) is 4.11. The van der Waals surface area contributed by atoms with E-state index in [-0.39, 0.29) is 0 Å². The highest BCUT2D eigenvalue weighted by atomic mass is 16.5. The SMILES string of the molecule is Cc1ccc(OCc2cccnc2C#N)c(CN)c1. The van der Waals surface area contributed by atoms with Gasteiger partial charge in [-0.15, -0.1) is 0 Å². The molecule has 1 aromatic heterocycles. The minimum absolute atomic E-state index is 0.312. The van der Waals surface area contributed by atoms with Gasteiger partial charge in [0.15, 0.2) is 0 Å². The molecule has 0 saturated heterocycles. The summed E-state index contributed by atoms with van der Waals surface area (Å²) in [6.07, 6.45) is 1.60. The number of nitrogens with zero attached hydrogens (tertiary/aromatic N) is 2. The molecule has 0 aliphatic carbocycles. The van der Waals surface area contributed by atoms with Crippen LogP contribution in [0.2, 0.25) is 0 Å². The number of hydrogen-bond donors (Lipinski definition) is 1. The Hall–Kier alpha value is -2.38. The first-order chi connectivity index (χ1) is 9.24. The Morgan fingerprint density at radius 3 is 2.89 bits per heavy atom. The first kappa shape index (κ1) is 13.1. The molecule has 0 saturated carbocycles. The highest BCUT2D eigenvalue weighted by Gasteiger charge is 2.06. The Morgan fingerprint density at radius 1 is 1.32 bits per heavy atom. The van der Waals surface area contributed by atoms with E-state index < -0.39 is 0 Å². The summed E-state index contributed by atoms with van der Waals surface area (Å²) in [5, 5.41) is 8.96. The summed E-state index contributed by atoms with van der Waals surface area (Å²) in [5.74, 6) is 0.751. The van der Waals surface area contributed by atoms with E-state index in [0.717, 1.165) is 22.4 Å². The Bertz CT molecular complexity index is 617. The zero-order valence-corrected chi connectivity index (χ0v) is 10.8. The zero-order valence-electron chi connectivity index (χ0n) is 10.8. The van der Waals surface area contributed by atoms with Gasteiger partial charge in [-0.2, -0.15) is 5.26 Å². The van der Waals surface area contributed by atoms with Crippen molar-refractivity contribution < 1.29 is 4.74 Å². The van der Waals surface area contributed by atoms with Crippen molar-refractivity contribution in [2.45, 2.75) is 20.1 Å². The molecule has 4 heteroatoms. The molecule has 2 rings (SSSR count). The topological polar surface area (TPSA) is 71.9 Å². The monoisotopic (exact) mass is 253 g/mol. The van der Waals surface area contributed by atoms with Crippen molar-refractivity contribution in [2.75, 3.05) is 0 Å². The first-order valence-corrected chi connectivity index (χ1v) is 6.01. The molecule has 0 spiro atoms. The number of nitrogens with two attached hydrogens (primary N) is 1. The Balaban J connectivity index is 2.17. The molecule has 1 heterocycles. The second-order valence-corrected chi connectivity index (χ2v) is 4.23. The lowest BCUT2D eigenvalue weighted by Crippen LogP contribution is -2.04. The van der Waals surface area contributed by atoms with Crippen molar-refractivity contribution in [1.29, 1.82) is 5.26 Å². The van der Waals surface area contributed by atoms with Crippen LogP contribution in [0.1, 0.15) is 22.4 Å². The molecule has 0 aliphatic rings. The molecule has 0 amide bonds. The van der Waals surface area contributed by atoms with Crippen LogP contribution in [0.5, 0.6) is 5.75 Å². The maximum atomic E-state index is 8.96. The number of benzene rings is 1. The van der Waals surface area contributed by atoms with Gasteiger partial charge in [0, 0.05) is 23.9 Å². The molecule has 96 valence electrons. The van der Waals surface area contributed by atoms with Gasteiger partial charge in [-0.05, 0) is 19.1 Å². The highest BCUT2D eigenvalue weighted by Crippen LogP contribution is 2.21. The summed E-state index contributed by atoms with van der Waals surface area (Å²) in [6, 6.07) is 11.6. The van der Waals surface area contributed by atoms with Gasteiger partial charge in [0.05, 0.1) is 0 Å². The van der Waals surface area contributed by atoms with Gasteiger partial charge in [0.25, 0.3) is 0 Å². The average molecular weight is 253 g/mol. The molecule has 2 N–H and O–H groups in total. The largest absolute Gasteiger partial charge is 0.488 e. The number of ether oxygens (including phenoxy) is 1. The molecule has 0 aliphatic heterocycles. The van der Waals surface area contributed by atoms with Gasteiger partial charge < -0.3 is 10.5 Å². The van der Waals surface area contributed by atoms with Crippen molar-refractivity contribution in [2.24, 2.45) is 5.73 Å². The van der Waals surface area contributed by atoms with E-state index >= 15 is 0 Å². The van der Waals surface area contributed by atoms with Crippen LogP contribution in [0.4, 0.5) is 0 Å². The predicted octanol–water partition coefficient (Wildman–Crippen LogP) is 2.30. The molecular weight excluding hydrogens is 238 g/mol. The molecule has 19 heavy (non-hydrogen) atoms. The van der Waals surface area contributed by atoms with E-state index in [2.05, 4.69) is 11.1 Å². The number of nitriles is 1. The van der Waals surface area contributed by atoms with Crippen LogP contribution in [0.25, 0.3) is 0 Å². The van der Waals surface area contributed by atoms with Crippen LogP contribution >= 0.6 is 0 Å². The van der Waals surface area contributed by atoms with Crippen LogP contribution in [0.3, 0.4) is 0 Å². The van der Waals surface area contributed by atoms with E-state index in [4.69, 9.17) is 15.7 Å². The van der Waals surface area contributed by atoms with Crippen molar-refractivity contribution in [3.8, 4) is 11.8 Å². The minimum Gasteiger partial charge on any atom is -0.488 e. The minimum atomic E-state index is 0.312. The number of pyridine rings is 1. The summed E-state index contributed by atoms with van der Waals surface area (Å²) in [5.41, 5.74) is 8.97. The van der Waals surface area contributed by atoms with Crippen LogP contribution in [-0.2, 0) is 13.2 Å². The number of aryl methyl sites for hydroxylation is 1. The lowest BCUT2D eigenvalue weighted by atomic mass is 10.1. The van der Waals surface area contributed by atoms with Gasteiger partial charge >= 0.3 is 0 Å². The van der Waals surface area contributed by atoms with Crippen molar-refractivity contribution in [3.63, 3.8) is 0 Å². The summed E-state index contributed by atoms with van der Waals surface area (Å²) < 4.78 is 5.74. The lowest BCUT2D eigenvalue weighted by molar-refractivity contribution is 0.302. The van der Waals surface area contributed by atoms with E-state index in [1.54, 1.807) is 12.3 Å². The van der Waals surface area contributed by atoms with Gasteiger partial charge in [-0.3, -0.25) is 0 Å². The van der Waals surface area contributed by atoms with E-state index in [1.165, 1.54) is 0 Å². The second kappa shape index (κ2) is 5.98. The van der Waals surface area contributed by atoms with E-state index in [9.17, 15) is 0 Å². The fourth-order valence-electron chi connectivity index (χ4n) is 1.82. The fourth-order valence-corrected chi connectivity index (χ4v) is 1.82. The second-order valence-electron chi connectivity index (χ2n) is 4.23. The summed E-state index contributed by atoms with van der Waals surface area (Å²) in [4.78, 5) is 4.00. The molecule has 1 aromatic carbocycles. The van der Waals surface area contributed by atoms with Gasteiger partial charge in [-0.1, -0.05) is 23.8 Å². The molecule has 0 atom stereocenters. The predicted molar refractivity (Wildman–Crippen MR) is 72.4 cm³/mol. The molecular formula is C15H15N3O. The van der Waals surface area contributed by atoms with Crippen molar-refractivity contribution >= 4 is 0 Å². The molecule has 0 radical (unpaired) electrons. The summed E-state index contributed by atoms with van der Waals surface area (Å²) >= 11 is 0. The van der Waals surface area contributed by atoms with Crippen LogP contribution in [0.15, 0.2) is 36.5 Å². The number of aromatic nitrogens is 1. The van der Waals surface area contributed by atoms with Crippen molar-refractivity contribution in [3.05, 3.63) is 58.9 Å². The summed E-state index contributed by atoms with van der Waals surface area (Å²) in [6.45, 7) is 2.75. The maximum Gasteiger partial charge on any atom is 0.147 e. The lowest BCUT2D eigenvalue weighted by Gasteiger charge is -2.11. The molecule has 4 nitrogen and oxygen atoms in total. The van der Waals surface area contributed by atoms with Crippen LogP contribution in [-0.4, -0.2) is 4.98 Å². The third kappa shape index (κ3) is 3.09. The maximum absolute atomic E-state index is 8.96. The Labute approximate surface area is 112 Å². The fraction of sp³-hybridized carbons (Fsp3) is 0.200. The smallest absolute Gasteiger partial charge is 0.147 e. The molecule has 2 aromatic rings. The summed E-state index contributed by atoms with van der Waals surface area (Å²) in [7, 11) is 0. The van der Waals surface area contributed by atoms with Crippen LogP contribution in [0, 0.1) is 18.3 Å². The zero-order chi connectivity index (χ0) is 13.7. The quantitative estimate of drug-likeness (QED) is 0.907. The standard InChI is InChI=1S/C15H15N3O/c1-11-4-5-15(13(7-11)8-16)19-10-12-3-2-6-18-14(12)9-17/h2-7H,8,10,16H2,1H3. The molecule has 0 fully saturated rings. The Morgan fingerprint density at radius 2 is 2.16 bits per heavy atom.